The molecule has 1 N–H and O–H groups in total. The summed E-state index contributed by atoms with van der Waals surface area (Å²) in [4.78, 5) is 11.8. The predicted octanol–water partition coefficient (Wildman–Crippen LogP) is 2.86. The van der Waals surface area contributed by atoms with Crippen LogP contribution in [0, 0.1) is 0 Å². The smallest absolute Gasteiger partial charge is 0.310 e. The van der Waals surface area contributed by atoms with E-state index in [1.165, 1.54) is 42.6 Å². The van der Waals surface area contributed by atoms with Gasteiger partial charge < -0.3 is 10.1 Å². The van der Waals surface area contributed by atoms with E-state index in [0.717, 1.165) is 0 Å². The van der Waals surface area contributed by atoms with Crippen LogP contribution in [0.4, 0.5) is 4.39 Å². The van der Waals surface area contributed by atoms with Crippen molar-refractivity contribution in [1.29, 1.82) is 0 Å². The summed E-state index contributed by atoms with van der Waals surface area (Å²) in [7, 11) is -4.41. The molecule has 1 aromatic carbocycles. The van der Waals surface area contributed by atoms with Crippen LogP contribution in [0.3, 0.4) is 0 Å². The second-order valence-electron chi connectivity index (χ2n) is 6.37. The number of esters is 1. The Labute approximate surface area is 141 Å². The molecule has 1 atom stereocenters. The van der Waals surface area contributed by atoms with E-state index < -0.39 is 33.0 Å². The third-order valence-corrected chi connectivity index (χ3v) is 5.27. The van der Waals surface area contributed by atoms with Gasteiger partial charge >= 0.3 is 11.1 Å². The number of allylic oxidation sites excluding steroid dienone is 2. The maximum absolute atomic E-state index is 15.5. The van der Waals surface area contributed by atoms with E-state index >= 15 is 4.39 Å². The molecular formula is C17H20FNO4S. The first-order valence-electron chi connectivity index (χ1n) is 7.40. The standard InChI is InChI=1S/C17H20FNO4S/c1-16(2,3)23-15(20)12-13-8-7-11-19-17(13,18)24(21,22)14-9-5-4-6-10-14/h4-11,19H,12H2,1-3H3. The van der Waals surface area contributed by atoms with E-state index in [9.17, 15) is 13.2 Å². The minimum atomic E-state index is -4.41. The van der Waals surface area contributed by atoms with Crippen LogP contribution in [0.5, 0.6) is 0 Å². The lowest BCUT2D eigenvalue weighted by atomic mass is 10.1. The number of carbonyl (C=O) groups is 1. The first-order chi connectivity index (χ1) is 11.1. The fourth-order valence-electron chi connectivity index (χ4n) is 2.24. The van der Waals surface area contributed by atoms with Gasteiger partial charge in [-0.15, -0.1) is 0 Å². The number of hydrogen-bond donors (Lipinski definition) is 1. The Morgan fingerprint density at radius 1 is 1.25 bits per heavy atom. The number of nitrogens with one attached hydrogen (secondary N) is 1. The quantitative estimate of drug-likeness (QED) is 0.666. The second-order valence-corrected chi connectivity index (χ2v) is 8.41. The molecule has 7 heteroatoms. The molecule has 1 aliphatic heterocycles. The highest BCUT2D eigenvalue weighted by atomic mass is 32.2. The van der Waals surface area contributed by atoms with Crippen LogP contribution in [-0.2, 0) is 19.4 Å². The highest BCUT2D eigenvalue weighted by Crippen LogP contribution is 2.35. The van der Waals surface area contributed by atoms with Gasteiger partial charge in [0.25, 0.3) is 0 Å². The van der Waals surface area contributed by atoms with Crippen LogP contribution in [0.25, 0.3) is 0 Å². The highest BCUT2D eigenvalue weighted by molar-refractivity contribution is 7.92. The van der Waals surface area contributed by atoms with Gasteiger partial charge in [-0.1, -0.05) is 24.3 Å². The molecule has 1 aliphatic rings. The van der Waals surface area contributed by atoms with Crippen LogP contribution in [0.15, 0.2) is 59.2 Å². The molecule has 24 heavy (non-hydrogen) atoms. The van der Waals surface area contributed by atoms with Gasteiger partial charge in [0.1, 0.15) is 5.60 Å². The molecule has 2 rings (SSSR count). The number of halogens is 1. The van der Waals surface area contributed by atoms with Gasteiger partial charge in [-0.3, -0.25) is 4.79 Å². The fraction of sp³-hybridized carbons (Fsp3) is 0.353. The molecule has 130 valence electrons. The van der Waals surface area contributed by atoms with Crippen molar-refractivity contribution in [3.63, 3.8) is 0 Å². The lowest BCUT2D eigenvalue weighted by molar-refractivity contribution is -0.154. The SMILES string of the molecule is CC(C)(C)OC(=O)CC1=CC=CNC1(F)S(=O)(=O)c1ccccc1. The zero-order chi connectivity index (χ0) is 18.0. The lowest BCUT2D eigenvalue weighted by Gasteiger charge is -2.30. The van der Waals surface area contributed by atoms with Crippen molar-refractivity contribution in [2.75, 3.05) is 0 Å². The summed E-state index contributed by atoms with van der Waals surface area (Å²) in [6.45, 7) is 5.05. The average molecular weight is 353 g/mol. The Kier molecular flexibility index (Phi) is 4.85. The van der Waals surface area contributed by atoms with Crippen molar-refractivity contribution in [2.24, 2.45) is 0 Å². The largest absolute Gasteiger partial charge is 0.460 e. The van der Waals surface area contributed by atoms with Crippen molar-refractivity contribution in [1.82, 2.24) is 5.32 Å². The summed E-state index contributed by atoms with van der Waals surface area (Å²) >= 11 is 0. The van der Waals surface area contributed by atoms with E-state index in [-0.39, 0.29) is 10.5 Å². The molecule has 1 aromatic rings. The fourth-order valence-corrected chi connectivity index (χ4v) is 3.79. The zero-order valence-electron chi connectivity index (χ0n) is 13.7. The van der Waals surface area contributed by atoms with Crippen LogP contribution >= 0.6 is 0 Å². The first kappa shape index (κ1) is 18.2. The zero-order valence-corrected chi connectivity index (χ0v) is 14.6. The van der Waals surface area contributed by atoms with Crippen molar-refractivity contribution < 1.29 is 22.3 Å². The molecule has 0 amide bonds. The molecule has 0 spiro atoms. The third kappa shape index (κ3) is 3.67. The van der Waals surface area contributed by atoms with Crippen LogP contribution in [0.2, 0.25) is 0 Å². The minimum absolute atomic E-state index is 0.176. The molecule has 0 fully saturated rings. The molecule has 0 aliphatic carbocycles. The van der Waals surface area contributed by atoms with Crippen molar-refractivity contribution in [3.8, 4) is 0 Å². The summed E-state index contributed by atoms with van der Waals surface area (Å²) < 4.78 is 46.1. The molecule has 0 saturated carbocycles. The third-order valence-electron chi connectivity index (χ3n) is 3.25. The normalized spacial score (nSPS) is 20.9. The number of benzene rings is 1. The summed E-state index contributed by atoms with van der Waals surface area (Å²) in [6.07, 6.45) is 3.44. The number of sulfone groups is 1. The van der Waals surface area contributed by atoms with Gasteiger partial charge in [0.2, 0.25) is 9.84 Å². The molecule has 0 bridgehead atoms. The van der Waals surface area contributed by atoms with E-state index in [0.29, 0.717) is 0 Å². The van der Waals surface area contributed by atoms with Crippen molar-refractivity contribution >= 4 is 15.8 Å². The van der Waals surface area contributed by atoms with Crippen molar-refractivity contribution in [3.05, 3.63) is 54.3 Å². The van der Waals surface area contributed by atoms with E-state index in [4.69, 9.17) is 4.74 Å². The van der Waals surface area contributed by atoms with Gasteiger partial charge in [-0.25, -0.2) is 8.42 Å². The van der Waals surface area contributed by atoms with Gasteiger partial charge in [-0.05, 0) is 39.0 Å². The number of ether oxygens (including phenoxy) is 1. The molecule has 0 aromatic heterocycles. The van der Waals surface area contributed by atoms with Gasteiger partial charge in [0.05, 0.1) is 11.3 Å². The summed E-state index contributed by atoms with van der Waals surface area (Å²) in [5.74, 6) is -0.698. The van der Waals surface area contributed by atoms with Gasteiger partial charge in [0, 0.05) is 11.8 Å². The Balaban J connectivity index is 2.35. The van der Waals surface area contributed by atoms with E-state index in [2.05, 4.69) is 5.32 Å². The molecule has 0 radical (unpaired) electrons. The van der Waals surface area contributed by atoms with Crippen LogP contribution in [-0.4, -0.2) is 25.1 Å². The summed E-state index contributed by atoms with van der Waals surface area (Å²) in [5.41, 5.74) is -0.963. The number of rotatable bonds is 4. The molecule has 0 saturated heterocycles. The maximum atomic E-state index is 15.5. The predicted molar refractivity (Wildman–Crippen MR) is 88.3 cm³/mol. The van der Waals surface area contributed by atoms with Crippen LogP contribution < -0.4 is 5.32 Å². The topological polar surface area (TPSA) is 72.5 Å². The molecule has 5 nitrogen and oxygen atoms in total. The highest BCUT2D eigenvalue weighted by Gasteiger charge is 2.49. The minimum Gasteiger partial charge on any atom is -0.460 e. The van der Waals surface area contributed by atoms with Crippen molar-refractivity contribution in [2.45, 2.75) is 42.8 Å². The summed E-state index contributed by atoms with van der Waals surface area (Å²) in [5, 5.41) is -0.661. The molecule has 1 heterocycles. The van der Waals surface area contributed by atoms with E-state index in [1.807, 2.05) is 0 Å². The Morgan fingerprint density at radius 2 is 1.88 bits per heavy atom. The molecular weight excluding hydrogens is 333 g/mol. The number of carbonyl (C=O) groups excluding carboxylic acids is 1. The lowest BCUT2D eigenvalue weighted by Crippen LogP contribution is -2.49. The second kappa shape index (κ2) is 6.39. The average Bonchev–Trinajstić information content (AvgIpc) is 2.48. The Bertz CT molecular complexity index is 779. The Morgan fingerprint density at radius 3 is 2.46 bits per heavy atom. The van der Waals surface area contributed by atoms with Gasteiger partial charge in [0.15, 0.2) is 0 Å². The number of hydrogen-bond acceptors (Lipinski definition) is 5. The van der Waals surface area contributed by atoms with Crippen LogP contribution in [0.1, 0.15) is 27.2 Å². The van der Waals surface area contributed by atoms with Gasteiger partial charge in [-0.2, -0.15) is 4.39 Å². The van der Waals surface area contributed by atoms with E-state index in [1.54, 1.807) is 26.8 Å². The monoisotopic (exact) mass is 353 g/mol. The number of dihydropyridines is 1. The number of alkyl halides is 1. The first-order valence-corrected chi connectivity index (χ1v) is 8.89. The summed E-state index contributed by atoms with van der Waals surface area (Å²) in [6, 6.07) is 7.26. The maximum Gasteiger partial charge on any atom is 0.310 e. The Hall–Kier alpha value is -2.15. The molecule has 1 unspecified atom stereocenters.